The minimum atomic E-state index is -1.59. The lowest BCUT2D eigenvalue weighted by atomic mass is 9.97. The first-order valence-corrected chi connectivity index (χ1v) is 6.93. The van der Waals surface area contributed by atoms with Crippen LogP contribution in [-0.4, -0.2) is 21.7 Å². The standard InChI is InChI=1S/C17H15FN2O2/c1-12-11-17(22,14-7-9-15(18)10-8-14)20(19-12)16(21)13-5-3-2-4-6-13/h2-10,22H,11H2,1H3. The maximum Gasteiger partial charge on any atom is 0.276 e. The van der Waals surface area contributed by atoms with Crippen LogP contribution in [0.2, 0.25) is 0 Å². The SMILES string of the molecule is CC1=NN(C(=O)c2ccccc2)C(O)(c2ccc(F)cc2)C1. The summed E-state index contributed by atoms with van der Waals surface area (Å²) in [4.78, 5) is 12.6. The molecule has 0 aromatic heterocycles. The molecule has 5 heteroatoms. The van der Waals surface area contributed by atoms with Crippen LogP contribution in [0.1, 0.15) is 29.3 Å². The van der Waals surface area contributed by atoms with Gasteiger partial charge in [0.1, 0.15) is 5.82 Å². The number of nitrogens with zero attached hydrogens (tertiary/aromatic N) is 2. The molecule has 0 spiro atoms. The molecule has 1 aliphatic heterocycles. The Balaban J connectivity index is 2.01. The van der Waals surface area contributed by atoms with Crippen LogP contribution < -0.4 is 0 Å². The molecule has 1 aliphatic rings. The largest absolute Gasteiger partial charge is 0.365 e. The van der Waals surface area contributed by atoms with Crippen LogP contribution >= 0.6 is 0 Å². The molecule has 0 radical (unpaired) electrons. The highest BCUT2D eigenvalue weighted by atomic mass is 19.1. The van der Waals surface area contributed by atoms with E-state index in [-0.39, 0.29) is 6.42 Å². The molecular weight excluding hydrogens is 283 g/mol. The summed E-state index contributed by atoms with van der Waals surface area (Å²) in [6.45, 7) is 1.74. The number of carbonyl (C=O) groups excluding carboxylic acids is 1. The second-order valence-corrected chi connectivity index (χ2v) is 5.32. The normalized spacial score (nSPS) is 20.9. The first-order valence-electron chi connectivity index (χ1n) is 6.93. The van der Waals surface area contributed by atoms with Crippen molar-refractivity contribution in [3.63, 3.8) is 0 Å². The van der Waals surface area contributed by atoms with E-state index < -0.39 is 17.4 Å². The van der Waals surface area contributed by atoms with Gasteiger partial charge in [0.05, 0.1) is 0 Å². The molecule has 0 fully saturated rings. The first kappa shape index (κ1) is 14.4. The molecule has 1 atom stereocenters. The van der Waals surface area contributed by atoms with E-state index in [9.17, 15) is 14.3 Å². The van der Waals surface area contributed by atoms with E-state index in [0.717, 1.165) is 5.01 Å². The fourth-order valence-electron chi connectivity index (χ4n) is 2.58. The minimum absolute atomic E-state index is 0.192. The number of benzene rings is 2. The van der Waals surface area contributed by atoms with Gasteiger partial charge in [0.2, 0.25) is 0 Å². The summed E-state index contributed by atoms with van der Waals surface area (Å²) < 4.78 is 13.1. The molecule has 4 nitrogen and oxygen atoms in total. The summed E-state index contributed by atoms with van der Waals surface area (Å²) in [5.41, 5.74) is -0.0959. The number of halogens is 1. The molecule has 1 heterocycles. The molecule has 3 rings (SSSR count). The van der Waals surface area contributed by atoms with Crippen molar-refractivity contribution in [3.8, 4) is 0 Å². The van der Waals surface area contributed by atoms with E-state index in [1.807, 2.05) is 0 Å². The predicted octanol–water partition coefficient (Wildman–Crippen LogP) is 2.89. The van der Waals surface area contributed by atoms with Gasteiger partial charge in [-0.3, -0.25) is 4.79 Å². The fraction of sp³-hybridized carbons (Fsp3) is 0.176. The highest BCUT2D eigenvalue weighted by Crippen LogP contribution is 2.36. The lowest BCUT2D eigenvalue weighted by molar-refractivity contribution is -0.0765. The van der Waals surface area contributed by atoms with Gasteiger partial charge in [-0.2, -0.15) is 10.1 Å². The molecule has 2 aromatic carbocycles. The Morgan fingerprint density at radius 2 is 1.82 bits per heavy atom. The predicted molar refractivity (Wildman–Crippen MR) is 80.6 cm³/mol. The van der Waals surface area contributed by atoms with E-state index in [4.69, 9.17) is 0 Å². The van der Waals surface area contributed by atoms with Crippen molar-refractivity contribution in [2.24, 2.45) is 5.10 Å². The highest BCUT2D eigenvalue weighted by Gasteiger charge is 2.45. The monoisotopic (exact) mass is 298 g/mol. The number of hydrazone groups is 1. The molecule has 1 N–H and O–H groups in total. The van der Waals surface area contributed by atoms with Crippen LogP contribution in [0.15, 0.2) is 59.7 Å². The molecule has 112 valence electrons. The van der Waals surface area contributed by atoms with Gasteiger partial charge in [-0.1, -0.05) is 30.3 Å². The Bertz CT molecular complexity index is 728. The van der Waals surface area contributed by atoms with Crippen molar-refractivity contribution in [2.45, 2.75) is 19.1 Å². The van der Waals surface area contributed by atoms with E-state index in [0.29, 0.717) is 16.8 Å². The Kier molecular flexibility index (Phi) is 3.50. The van der Waals surface area contributed by atoms with Crippen LogP contribution in [-0.2, 0) is 5.72 Å². The van der Waals surface area contributed by atoms with Crippen molar-refractivity contribution < 1.29 is 14.3 Å². The van der Waals surface area contributed by atoms with Gasteiger partial charge < -0.3 is 5.11 Å². The molecule has 0 bridgehead atoms. The quantitative estimate of drug-likeness (QED) is 0.927. The summed E-state index contributed by atoms with van der Waals surface area (Å²) in [6.07, 6.45) is 0.192. The van der Waals surface area contributed by atoms with Crippen LogP contribution in [0.25, 0.3) is 0 Å². The maximum atomic E-state index is 13.1. The molecule has 1 unspecified atom stereocenters. The molecule has 0 aliphatic carbocycles. The number of aliphatic hydroxyl groups is 1. The number of amides is 1. The molecule has 2 aromatic rings. The summed E-state index contributed by atoms with van der Waals surface area (Å²) in [7, 11) is 0. The molecular formula is C17H15FN2O2. The van der Waals surface area contributed by atoms with Gasteiger partial charge in [-0.25, -0.2) is 4.39 Å². The average molecular weight is 298 g/mol. The van der Waals surface area contributed by atoms with Gasteiger partial charge in [0.15, 0.2) is 5.72 Å². The molecule has 1 amide bonds. The molecule has 22 heavy (non-hydrogen) atoms. The van der Waals surface area contributed by atoms with Crippen molar-refractivity contribution in [1.29, 1.82) is 0 Å². The zero-order valence-electron chi connectivity index (χ0n) is 12.0. The van der Waals surface area contributed by atoms with Crippen LogP contribution in [0.5, 0.6) is 0 Å². The first-order chi connectivity index (χ1) is 10.5. The second-order valence-electron chi connectivity index (χ2n) is 5.32. The maximum absolute atomic E-state index is 13.1. The Labute approximate surface area is 127 Å². The van der Waals surface area contributed by atoms with Crippen LogP contribution in [0, 0.1) is 5.82 Å². The van der Waals surface area contributed by atoms with Gasteiger partial charge in [-0.05, 0) is 31.2 Å². The Morgan fingerprint density at radius 3 is 2.45 bits per heavy atom. The van der Waals surface area contributed by atoms with E-state index in [2.05, 4.69) is 5.10 Å². The molecule has 0 saturated carbocycles. The van der Waals surface area contributed by atoms with E-state index in [1.165, 1.54) is 24.3 Å². The lowest BCUT2D eigenvalue weighted by Gasteiger charge is -2.31. The van der Waals surface area contributed by atoms with Gasteiger partial charge in [-0.15, -0.1) is 0 Å². The van der Waals surface area contributed by atoms with Crippen molar-refractivity contribution in [2.75, 3.05) is 0 Å². The third-order valence-corrected chi connectivity index (χ3v) is 3.64. The third kappa shape index (κ3) is 2.40. The zero-order valence-corrected chi connectivity index (χ0v) is 12.0. The van der Waals surface area contributed by atoms with E-state index >= 15 is 0 Å². The number of carbonyl (C=O) groups is 1. The number of rotatable bonds is 2. The van der Waals surface area contributed by atoms with Gasteiger partial charge in [0, 0.05) is 23.3 Å². The fourth-order valence-corrected chi connectivity index (χ4v) is 2.58. The van der Waals surface area contributed by atoms with Crippen LogP contribution in [0.3, 0.4) is 0 Å². The van der Waals surface area contributed by atoms with Crippen molar-refractivity contribution in [1.82, 2.24) is 5.01 Å². The smallest absolute Gasteiger partial charge is 0.276 e. The van der Waals surface area contributed by atoms with E-state index in [1.54, 1.807) is 37.3 Å². The van der Waals surface area contributed by atoms with Crippen molar-refractivity contribution in [3.05, 3.63) is 71.5 Å². The van der Waals surface area contributed by atoms with Gasteiger partial charge in [0.25, 0.3) is 5.91 Å². The summed E-state index contributed by atoms with van der Waals surface area (Å²) >= 11 is 0. The summed E-state index contributed by atoms with van der Waals surface area (Å²) in [5, 5.41) is 16.2. The second kappa shape index (κ2) is 5.35. The number of hydrogen-bond acceptors (Lipinski definition) is 3. The molecule has 0 saturated heterocycles. The highest BCUT2D eigenvalue weighted by molar-refractivity contribution is 5.97. The van der Waals surface area contributed by atoms with Crippen molar-refractivity contribution >= 4 is 11.6 Å². The third-order valence-electron chi connectivity index (χ3n) is 3.64. The summed E-state index contributed by atoms with van der Waals surface area (Å²) in [6, 6.07) is 14.1. The average Bonchev–Trinajstić information content (AvgIpc) is 2.84. The number of hydrogen-bond donors (Lipinski definition) is 1. The van der Waals surface area contributed by atoms with Gasteiger partial charge >= 0.3 is 0 Å². The zero-order chi connectivity index (χ0) is 15.7. The summed E-state index contributed by atoms with van der Waals surface area (Å²) in [5.74, 6) is -0.798. The lowest BCUT2D eigenvalue weighted by Crippen LogP contribution is -2.43. The minimum Gasteiger partial charge on any atom is -0.365 e. The Morgan fingerprint density at radius 1 is 1.18 bits per heavy atom. The topological polar surface area (TPSA) is 52.9 Å². The Hall–Kier alpha value is -2.53. The van der Waals surface area contributed by atoms with Crippen LogP contribution in [0.4, 0.5) is 4.39 Å².